The molecule has 10 nitrogen and oxygen atoms in total. The van der Waals surface area contributed by atoms with E-state index in [-0.39, 0.29) is 26.3 Å². The Morgan fingerprint density at radius 3 is 1.44 bits per heavy atom. The molecule has 1 N–H and O–H groups in total. The van der Waals surface area contributed by atoms with Gasteiger partial charge in [0.2, 0.25) is 0 Å². The molecule has 2 aliphatic rings. The Morgan fingerprint density at radius 2 is 1.16 bits per heavy atom. The maximum atomic E-state index is 12.1. The molecule has 2 aliphatic heterocycles. The zero-order valence-corrected chi connectivity index (χ0v) is 19.8. The summed E-state index contributed by atoms with van der Waals surface area (Å²) in [6.45, 7) is -7.15. The number of para-hydroxylation sites is 2. The number of nitrogens with zero attached hydrogens (tertiary/aromatic N) is 3. The molecule has 0 aliphatic carbocycles. The van der Waals surface area contributed by atoms with Gasteiger partial charge in [0.15, 0.2) is 0 Å². The number of hydrogen-bond donors (Lipinski definition) is 1. The van der Waals surface area contributed by atoms with E-state index in [0.717, 1.165) is 9.34 Å². The van der Waals surface area contributed by atoms with E-state index in [9.17, 15) is 23.6 Å². The van der Waals surface area contributed by atoms with Crippen molar-refractivity contribution in [2.24, 2.45) is 0 Å². The first-order chi connectivity index (χ1) is 15.1. The van der Waals surface area contributed by atoms with Crippen LogP contribution < -0.4 is 4.67 Å². The second-order valence-corrected chi connectivity index (χ2v) is 12.3. The first kappa shape index (κ1) is 24.4. The molecule has 2 aromatic rings. The monoisotopic (exact) mass is 521 g/mol. The molecule has 0 spiro atoms. The standard InChI is InChI=1S/C12H11ClNO2P.C6H8ClN2O5P/c13-17(15,16)14(11-7-3-1-4-8-11)12-9-5-2-6-10-12;7-15(12,8-1-3-13-5(8)10)9-2-4-14-6(9)11/h1-10H,(H,15,16);1-4H2. The number of hydrogen-bond acceptors (Lipinski definition) is 6. The summed E-state index contributed by atoms with van der Waals surface area (Å²) in [7, 11) is 0. The van der Waals surface area contributed by atoms with Crippen molar-refractivity contribution in [3.05, 3.63) is 60.7 Å². The number of amides is 2. The van der Waals surface area contributed by atoms with Gasteiger partial charge < -0.3 is 14.4 Å². The van der Waals surface area contributed by atoms with Crippen LogP contribution >= 0.6 is 36.1 Å². The molecule has 0 aromatic heterocycles. The van der Waals surface area contributed by atoms with Crippen LogP contribution in [0, 0.1) is 0 Å². The van der Waals surface area contributed by atoms with E-state index in [1.807, 2.05) is 12.1 Å². The second kappa shape index (κ2) is 10.1. The molecular weight excluding hydrogens is 503 g/mol. The third-order valence-corrected chi connectivity index (χ3v) is 8.74. The highest BCUT2D eigenvalue weighted by Crippen LogP contribution is 2.60. The molecule has 172 valence electrons. The predicted octanol–water partition coefficient (Wildman–Crippen LogP) is 5.40. The Hall–Kier alpha value is -2.22. The van der Waals surface area contributed by atoms with E-state index in [1.165, 1.54) is 4.67 Å². The van der Waals surface area contributed by atoms with Gasteiger partial charge in [-0.3, -0.25) is 9.24 Å². The van der Waals surface area contributed by atoms with Gasteiger partial charge in [-0.15, -0.1) is 0 Å². The molecule has 14 heteroatoms. The number of anilines is 2. The number of ether oxygens (including phenoxy) is 2. The minimum Gasteiger partial charge on any atom is -0.447 e. The first-order valence-electron chi connectivity index (χ1n) is 9.25. The summed E-state index contributed by atoms with van der Waals surface area (Å²) in [5.41, 5.74) is 1.17. The SMILES string of the molecule is O=C1OCCN1P(=O)(Cl)N1CCOC1=O.O=P(O)(Cl)N(c1ccccc1)c1ccccc1. The van der Waals surface area contributed by atoms with Gasteiger partial charge in [0.25, 0.3) is 0 Å². The third kappa shape index (κ3) is 5.57. The highest BCUT2D eigenvalue weighted by atomic mass is 35.7. The molecule has 0 bridgehead atoms. The van der Waals surface area contributed by atoms with Gasteiger partial charge in [-0.25, -0.2) is 23.5 Å². The molecule has 2 saturated heterocycles. The number of halogens is 2. The maximum absolute atomic E-state index is 12.1. The molecular formula is C18H19Cl2N3O7P2. The lowest BCUT2D eigenvalue weighted by Gasteiger charge is -2.25. The van der Waals surface area contributed by atoms with Crippen LogP contribution in [-0.4, -0.2) is 52.7 Å². The summed E-state index contributed by atoms with van der Waals surface area (Å²) >= 11 is 11.3. The fraction of sp³-hybridized carbons (Fsp3) is 0.222. The quantitative estimate of drug-likeness (QED) is 0.519. The van der Waals surface area contributed by atoms with Crippen LogP contribution in [0.5, 0.6) is 0 Å². The molecule has 2 heterocycles. The summed E-state index contributed by atoms with van der Waals surface area (Å²) in [6, 6.07) is 17.8. The average molecular weight is 522 g/mol. The molecule has 2 aromatic carbocycles. The third-order valence-electron chi connectivity index (χ3n) is 4.32. The number of carbonyl (C=O) groups is 2. The van der Waals surface area contributed by atoms with Gasteiger partial charge in [-0.2, -0.15) is 0 Å². The zero-order valence-electron chi connectivity index (χ0n) is 16.5. The predicted molar refractivity (Wildman–Crippen MR) is 120 cm³/mol. The smallest absolute Gasteiger partial charge is 0.417 e. The number of cyclic esters (lactones) is 2. The van der Waals surface area contributed by atoms with Crippen LogP contribution in [0.2, 0.25) is 0 Å². The van der Waals surface area contributed by atoms with Gasteiger partial charge in [-0.1, -0.05) is 36.4 Å². The van der Waals surface area contributed by atoms with Crippen molar-refractivity contribution in [2.75, 3.05) is 31.0 Å². The van der Waals surface area contributed by atoms with Gasteiger partial charge in [0.1, 0.15) is 13.2 Å². The van der Waals surface area contributed by atoms with E-state index in [4.69, 9.17) is 22.5 Å². The van der Waals surface area contributed by atoms with Gasteiger partial charge in [0, 0.05) is 0 Å². The van der Waals surface area contributed by atoms with Crippen LogP contribution in [0.3, 0.4) is 0 Å². The van der Waals surface area contributed by atoms with Gasteiger partial charge in [0.05, 0.1) is 24.5 Å². The minimum atomic E-state index is -3.91. The Labute approximate surface area is 193 Å². The second-order valence-electron chi connectivity index (χ2n) is 6.40. The van der Waals surface area contributed by atoms with E-state index < -0.39 is 25.9 Å². The maximum Gasteiger partial charge on any atom is 0.417 e. The van der Waals surface area contributed by atoms with Crippen LogP contribution in [0.15, 0.2) is 60.7 Å². The normalized spacial score (nSPS) is 17.7. The van der Waals surface area contributed by atoms with Crippen molar-refractivity contribution in [1.29, 1.82) is 0 Å². The van der Waals surface area contributed by atoms with E-state index in [2.05, 4.69) is 9.47 Å². The number of rotatable bonds is 5. The average Bonchev–Trinajstić information content (AvgIpc) is 3.38. The van der Waals surface area contributed by atoms with Crippen molar-refractivity contribution < 1.29 is 33.1 Å². The van der Waals surface area contributed by atoms with Gasteiger partial charge >= 0.3 is 25.9 Å². The van der Waals surface area contributed by atoms with Crippen LogP contribution in [0.25, 0.3) is 0 Å². The molecule has 32 heavy (non-hydrogen) atoms. The van der Waals surface area contributed by atoms with E-state index >= 15 is 0 Å². The van der Waals surface area contributed by atoms with Crippen molar-refractivity contribution in [3.8, 4) is 0 Å². The van der Waals surface area contributed by atoms with Crippen LogP contribution in [0.1, 0.15) is 0 Å². The molecule has 1 atom stereocenters. The first-order valence-corrected chi connectivity index (χ1v) is 14.3. The molecule has 1 unspecified atom stereocenters. The summed E-state index contributed by atoms with van der Waals surface area (Å²) in [5, 5.41) is 0. The Kier molecular flexibility index (Phi) is 7.75. The molecule has 2 amide bonds. The van der Waals surface area contributed by atoms with Crippen molar-refractivity contribution in [2.45, 2.75) is 0 Å². The summed E-state index contributed by atoms with van der Waals surface area (Å²) in [5.74, 6) is 0. The summed E-state index contributed by atoms with van der Waals surface area (Å²) < 4.78 is 36.0. The van der Waals surface area contributed by atoms with Gasteiger partial charge in [-0.05, 0) is 46.7 Å². The zero-order chi connectivity index (χ0) is 23.4. The molecule has 2 fully saturated rings. The number of benzene rings is 2. The van der Waals surface area contributed by atoms with Crippen LogP contribution in [0.4, 0.5) is 21.0 Å². The lowest BCUT2D eigenvalue weighted by Crippen LogP contribution is -2.30. The lowest BCUT2D eigenvalue weighted by molar-refractivity contribution is 0.166. The summed E-state index contributed by atoms with van der Waals surface area (Å²) in [6.07, 6.45) is -1.54. The Bertz CT molecular complexity index is 986. The topological polar surface area (TPSA) is 117 Å². The highest BCUT2D eigenvalue weighted by molar-refractivity contribution is 7.86. The van der Waals surface area contributed by atoms with E-state index in [1.54, 1.807) is 48.5 Å². The number of carbonyl (C=O) groups excluding carboxylic acids is 2. The van der Waals surface area contributed by atoms with Crippen LogP contribution in [-0.2, 0) is 18.6 Å². The fourth-order valence-electron chi connectivity index (χ4n) is 2.92. The minimum absolute atomic E-state index is 0.114. The molecule has 4 rings (SSSR count). The Balaban J connectivity index is 0.000000182. The van der Waals surface area contributed by atoms with Crippen molar-refractivity contribution >= 4 is 59.7 Å². The van der Waals surface area contributed by atoms with E-state index in [0.29, 0.717) is 11.4 Å². The fourth-order valence-corrected chi connectivity index (χ4v) is 6.54. The molecule has 0 radical (unpaired) electrons. The van der Waals surface area contributed by atoms with Crippen molar-refractivity contribution in [1.82, 2.24) is 9.34 Å². The van der Waals surface area contributed by atoms with Crippen molar-refractivity contribution in [3.63, 3.8) is 0 Å². The largest absolute Gasteiger partial charge is 0.447 e. The molecule has 0 saturated carbocycles. The Morgan fingerprint density at radius 1 is 0.781 bits per heavy atom. The lowest BCUT2D eigenvalue weighted by atomic mass is 10.3. The highest BCUT2D eigenvalue weighted by Gasteiger charge is 2.47. The summed E-state index contributed by atoms with van der Waals surface area (Å²) in [4.78, 5) is 31.9.